The third-order valence-corrected chi connectivity index (χ3v) is 6.92. The number of alkyl halides is 3. The normalized spacial score (nSPS) is 18.6. The number of aliphatic carboxylic acids is 1. The van der Waals surface area contributed by atoms with Crippen LogP contribution in [0.1, 0.15) is 48.6 Å². The Morgan fingerprint density at radius 3 is 2.61 bits per heavy atom. The molecule has 1 unspecified atom stereocenters. The fourth-order valence-electron chi connectivity index (χ4n) is 3.94. The van der Waals surface area contributed by atoms with E-state index in [4.69, 9.17) is 14.9 Å². The Morgan fingerprint density at radius 2 is 2.03 bits per heavy atom. The van der Waals surface area contributed by atoms with Crippen LogP contribution >= 0.6 is 11.3 Å². The van der Waals surface area contributed by atoms with Crippen molar-refractivity contribution in [1.29, 1.82) is 0 Å². The number of hydrogen-bond donors (Lipinski definition) is 2. The number of aromatic nitrogens is 2. The Bertz CT molecular complexity index is 926. The van der Waals surface area contributed by atoms with E-state index >= 15 is 0 Å². The van der Waals surface area contributed by atoms with Gasteiger partial charge in [-0.25, -0.2) is 9.78 Å². The number of amides is 1. The zero-order chi connectivity index (χ0) is 24.0. The second-order valence-electron chi connectivity index (χ2n) is 8.41. The van der Waals surface area contributed by atoms with E-state index in [9.17, 15) is 18.0 Å². The quantitative estimate of drug-likeness (QED) is 0.624. The van der Waals surface area contributed by atoms with Crippen LogP contribution in [0, 0.1) is 5.92 Å². The first kappa shape index (κ1) is 25.2. The van der Waals surface area contributed by atoms with Crippen LogP contribution in [0.25, 0.3) is 0 Å². The maximum Gasteiger partial charge on any atom is 0.490 e. The first-order chi connectivity index (χ1) is 15.6. The molecule has 0 spiro atoms. The van der Waals surface area contributed by atoms with Gasteiger partial charge in [0.15, 0.2) is 0 Å². The minimum atomic E-state index is -5.08. The van der Waals surface area contributed by atoms with Gasteiger partial charge in [0, 0.05) is 37.3 Å². The van der Waals surface area contributed by atoms with E-state index in [-0.39, 0.29) is 5.91 Å². The number of carboxylic acid groups (broad SMARTS) is 1. The van der Waals surface area contributed by atoms with Crippen molar-refractivity contribution in [1.82, 2.24) is 19.8 Å². The first-order valence-electron chi connectivity index (χ1n) is 11.0. The smallest absolute Gasteiger partial charge is 0.475 e. The number of thiophene rings is 1. The lowest BCUT2D eigenvalue weighted by molar-refractivity contribution is -0.192. The van der Waals surface area contributed by atoms with Crippen LogP contribution < -0.4 is 5.32 Å². The molecule has 2 aromatic heterocycles. The summed E-state index contributed by atoms with van der Waals surface area (Å²) in [6, 6.07) is 4.50. The molecule has 182 valence electrons. The molecular formula is C22H29F3N4O3S. The molecule has 1 aliphatic carbocycles. The summed E-state index contributed by atoms with van der Waals surface area (Å²) in [6.07, 6.45) is 2.43. The molecule has 0 radical (unpaired) electrons. The van der Waals surface area contributed by atoms with E-state index in [1.807, 2.05) is 6.07 Å². The summed E-state index contributed by atoms with van der Waals surface area (Å²) >= 11 is 1.74. The highest BCUT2D eigenvalue weighted by atomic mass is 32.1. The lowest BCUT2D eigenvalue weighted by atomic mass is 9.84. The molecule has 1 aliphatic heterocycles. The van der Waals surface area contributed by atoms with Crippen LogP contribution in [-0.2, 0) is 29.0 Å². The van der Waals surface area contributed by atoms with Gasteiger partial charge >= 0.3 is 12.1 Å². The van der Waals surface area contributed by atoms with E-state index in [0.717, 1.165) is 36.9 Å². The molecule has 33 heavy (non-hydrogen) atoms. The van der Waals surface area contributed by atoms with Gasteiger partial charge in [-0.3, -0.25) is 9.69 Å². The molecule has 4 rings (SSSR count). The molecule has 2 N–H and O–H groups in total. The molecule has 2 aromatic rings. The number of imidazole rings is 1. The van der Waals surface area contributed by atoms with E-state index in [0.29, 0.717) is 19.0 Å². The van der Waals surface area contributed by atoms with Crippen LogP contribution in [0.15, 0.2) is 23.7 Å². The molecule has 11 heteroatoms. The highest BCUT2D eigenvalue weighted by Crippen LogP contribution is 2.32. The zero-order valence-electron chi connectivity index (χ0n) is 18.5. The lowest BCUT2D eigenvalue weighted by Gasteiger charge is -2.38. The Balaban J connectivity index is 0.000000383. The third kappa shape index (κ3) is 7.29. The zero-order valence-corrected chi connectivity index (χ0v) is 19.3. The number of rotatable bonds is 7. The van der Waals surface area contributed by atoms with Crippen molar-refractivity contribution in [3.8, 4) is 0 Å². The summed E-state index contributed by atoms with van der Waals surface area (Å²) in [5.74, 6) is -0.687. The Hall–Kier alpha value is -2.40. The summed E-state index contributed by atoms with van der Waals surface area (Å²) in [5.41, 5.74) is 0.894. The van der Waals surface area contributed by atoms with Crippen molar-refractivity contribution < 1.29 is 27.9 Å². The van der Waals surface area contributed by atoms with Crippen LogP contribution in [-0.4, -0.2) is 57.2 Å². The van der Waals surface area contributed by atoms with Crippen molar-refractivity contribution in [2.24, 2.45) is 5.92 Å². The van der Waals surface area contributed by atoms with Gasteiger partial charge in [-0.05, 0) is 43.6 Å². The molecule has 0 aromatic carbocycles. The number of carbonyl (C=O) groups is 2. The number of hydrogen-bond acceptors (Lipinski definition) is 5. The predicted molar refractivity (Wildman–Crippen MR) is 118 cm³/mol. The second-order valence-corrected chi connectivity index (χ2v) is 9.44. The molecule has 1 amide bonds. The number of carbonyl (C=O) groups excluding carboxylic acids is 1. The molecule has 1 fully saturated rings. The minimum absolute atomic E-state index is 0.0657. The molecule has 1 saturated carbocycles. The van der Waals surface area contributed by atoms with Crippen molar-refractivity contribution in [3.05, 3.63) is 40.1 Å². The Morgan fingerprint density at radius 1 is 1.30 bits per heavy atom. The van der Waals surface area contributed by atoms with Gasteiger partial charge in [-0.1, -0.05) is 12.5 Å². The van der Waals surface area contributed by atoms with Crippen molar-refractivity contribution >= 4 is 23.2 Å². The number of halogens is 3. The van der Waals surface area contributed by atoms with Crippen LogP contribution in [0.5, 0.6) is 0 Å². The highest BCUT2D eigenvalue weighted by molar-refractivity contribution is 7.09. The number of nitrogens with zero attached hydrogens (tertiary/aromatic N) is 3. The molecule has 3 heterocycles. The van der Waals surface area contributed by atoms with Crippen molar-refractivity contribution in [2.45, 2.75) is 57.8 Å². The standard InChI is InChI=1S/C20H28N4OS.C2HF3O2/c1-15-20-22-17(12-19(25)21-8-7-18-6-3-11-26-18)14-24(20)10-9-23(15)13-16-4-2-5-16;3-2(4,5)1(6)7/h3,6,11,14-16H,2,4-5,7-10,12-13H2,1H3,(H,21,25);(H,6,7). The van der Waals surface area contributed by atoms with E-state index in [1.165, 1.54) is 30.7 Å². The van der Waals surface area contributed by atoms with Gasteiger partial charge in [-0.15, -0.1) is 11.3 Å². The van der Waals surface area contributed by atoms with Gasteiger partial charge in [0.25, 0.3) is 0 Å². The molecule has 0 bridgehead atoms. The second kappa shape index (κ2) is 11.1. The average Bonchev–Trinajstić information content (AvgIpc) is 3.36. The number of nitrogens with one attached hydrogen (secondary N) is 1. The van der Waals surface area contributed by atoms with Gasteiger partial charge in [0.05, 0.1) is 18.2 Å². The highest BCUT2D eigenvalue weighted by Gasteiger charge is 2.38. The van der Waals surface area contributed by atoms with Gasteiger partial charge in [-0.2, -0.15) is 13.2 Å². The molecule has 1 atom stereocenters. The Kier molecular flexibility index (Phi) is 8.52. The molecule has 2 aliphatic rings. The third-order valence-electron chi connectivity index (χ3n) is 5.98. The fourth-order valence-corrected chi connectivity index (χ4v) is 4.65. The largest absolute Gasteiger partial charge is 0.490 e. The number of fused-ring (bicyclic) bond motifs is 1. The SMILES string of the molecule is CC1c2nc(CC(=O)NCCc3cccs3)cn2CCN1CC1CCC1.O=C(O)C(F)(F)F. The topological polar surface area (TPSA) is 87.5 Å². The Labute approximate surface area is 194 Å². The maximum absolute atomic E-state index is 12.2. The lowest BCUT2D eigenvalue weighted by Crippen LogP contribution is -2.41. The predicted octanol–water partition coefficient (Wildman–Crippen LogP) is 3.66. The van der Waals surface area contributed by atoms with E-state index < -0.39 is 12.1 Å². The van der Waals surface area contributed by atoms with E-state index in [1.54, 1.807) is 11.3 Å². The molecule has 0 saturated heterocycles. The average molecular weight is 487 g/mol. The van der Waals surface area contributed by atoms with Crippen LogP contribution in [0.4, 0.5) is 13.2 Å². The first-order valence-corrected chi connectivity index (χ1v) is 11.9. The van der Waals surface area contributed by atoms with E-state index in [2.05, 4.69) is 39.4 Å². The number of carboxylic acids is 1. The van der Waals surface area contributed by atoms with Gasteiger partial charge in [0.1, 0.15) is 5.82 Å². The van der Waals surface area contributed by atoms with Crippen molar-refractivity contribution in [3.63, 3.8) is 0 Å². The summed E-state index contributed by atoms with van der Waals surface area (Å²) in [4.78, 5) is 29.8. The minimum Gasteiger partial charge on any atom is -0.475 e. The summed E-state index contributed by atoms with van der Waals surface area (Å²) in [5, 5.41) is 12.2. The summed E-state index contributed by atoms with van der Waals surface area (Å²) in [7, 11) is 0. The van der Waals surface area contributed by atoms with Gasteiger partial charge in [0.2, 0.25) is 5.91 Å². The van der Waals surface area contributed by atoms with Crippen molar-refractivity contribution in [2.75, 3.05) is 19.6 Å². The molecular weight excluding hydrogens is 457 g/mol. The fraction of sp³-hybridized carbons (Fsp3) is 0.591. The monoisotopic (exact) mass is 486 g/mol. The van der Waals surface area contributed by atoms with Crippen LogP contribution in [0.3, 0.4) is 0 Å². The molecule has 7 nitrogen and oxygen atoms in total. The summed E-state index contributed by atoms with van der Waals surface area (Å²) in [6.45, 7) is 6.22. The summed E-state index contributed by atoms with van der Waals surface area (Å²) < 4.78 is 34.0. The maximum atomic E-state index is 12.2. The van der Waals surface area contributed by atoms with Crippen LogP contribution in [0.2, 0.25) is 0 Å². The van der Waals surface area contributed by atoms with Gasteiger partial charge < -0.3 is 15.0 Å².